The topological polar surface area (TPSA) is 91.4 Å². The highest BCUT2D eigenvalue weighted by Gasteiger charge is 2.23. The maximum Gasteiger partial charge on any atom is 0.407 e. The van der Waals surface area contributed by atoms with Gasteiger partial charge in [0.1, 0.15) is 5.60 Å². The van der Waals surface area contributed by atoms with Crippen molar-refractivity contribution in [1.82, 2.24) is 10.2 Å². The molecular formula is C11H23ClN4O2. The zero-order chi connectivity index (χ0) is 13.1. The van der Waals surface area contributed by atoms with Crippen molar-refractivity contribution in [3.63, 3.8) is 0 Å². The Kier molecular flexibility index (Phi) is 6.25. The minimum Gasteiger partial charge on any atom is -0.444 e. The molecule has 1 amide bonds. The smallest absolute Gasteiger partial charge is 0.407 e. The second-order valence-corrected chi connectivity index (χ2v) is 5.29. The Labute approximate surface area is 114 Å². The summed E-state index contributed by atoms with van der Waals surface area (Å²) in [5.41, 5.74) is 4.93. The molecule has 18 heavy (non-hydrogen) atoms. The summed E-state index contributed by atoms with van der Waals surface area (Å²) < 4.78 is 5.18. The Bertz CT molecular complexity index is 296. The van der Waals surface area contributed by atoms with Gasteiger partial charge in [0.2, 0.25) is 0 Å². The molecule has 0 aromatic rings. The second-order valence-electron chi connectivity index (χ2n) is 5.29. The lowest BCUT2D eigenvalue weighted by Gasteiger charge is -2.32. The van der Waals surface area contributed by atoms with Gasteiger partial charge in [-0.3, -0.25) is 5.41 Å². The fourth-order valence-corrected chi connectivity index (χ4v) is 1.74. The van der Waals surface area contributed by atoms with E-state index in [0.717, 1.165) is 12.8 Å². The van der Waals surface area contributed by atoms with Crippen molar-refractivity contribution in [2.75, 3.05) is 13.1 Å². The third-order valence-corrected chi connectivity index (χ3v) is 2.56. The summed E-state index contributed by atoms with van der Waals surface area (Å²) in [4.78, 5) is 13.3. The maximum absolute atomic E-state index is 11.5. The number of rotatable bonds is 1. The first kappa shape index (κ1) is 16.8. The molecule has 0 atom stereocenters. The van der Waals surface area contributed by atoms with Crippen molar-refractivity contribution in [3.05, 3.63) is 0 Å². The third-order valence-electron chi connectivity index (χ3n) is 2.56. The van der Waals surface area contributed by atoms with Crippen LogP contribution in [0.3, 0.4) is 0 Å². The third kappa shape index (κ3) is 5.95. The summed E-state index contributed by atoms with van der Waals surface area (Å²) >= 11 is 0. The highest BCUT2D eigenvalue weighted by Crippen LogP contribution is 2.11. The first-order valence-electron chi connectivity index (χ1n) is 5.86. The number of alkyl carbamates (subject to hydrolysis) is 1. The van der Waals surface area contributed by atoms with Crippen LogP contribution in [0.15, 0.2) is 0 Å². The molecule has 1 saturated heterocycles. The monoisotopic (exact) mass is 278 g/mol. The van der Waals surface area contributed by atoms with Crippen LogP contribution in [-0.2, 0) is 4.74 Å². The van der Waals surface area contributed by atoms with Gasteiger partial charge in [0.15, 0.2) is 5.96 Å². The molecule has 1 fully saturated rings. The highest BCUT2D eigenvalue weighted by atomic mass is 35.5. The summed E-state index contributed by atoms with van der Waals surface area (Å²) in [5.74, 6) is 0.0979. The maximum atomic E-state index is 11.5. The van der Waals surface area contributed by atoms with E-state index in [2.05, 4.69) is 5.32 Å². The molecule has 1 aliphatic heterocycles. The average molecular weight is 279 g/mol. The predicted octanol–water partition coefficient (Wildman–Crippen LogP) is 1.29. The molecule has 106 valence electrons. The minimum atomic E-state index is -0.468. The van der Waals surface area contributed by atoms with Crippen LogP contribution < -0.4 is 11.1 Å². The number of nitrogens with zero attached hydrogens (tertiary/aromatic N) is 1. The van der Waals surface area contributed by atoms with Crippen molar-refractivity contribution in [2.24, 2.45) is 5.73 Å². The van der Waals surface area contributed by atoms with Crippen LogP contribution in [0.5, 0.6) is 0 Å². The van der Waals surface area contributed by atoms with Gasteiger partial charge in [-0.15, -0.1) is 12.4 Å². The number of carbonyl (C=O) groups excluding carboxylic acids is 1. The molecule has 0 aromatic carbocycles. The van der Waals surface area contributed by atoms with Crippen LogP contribution in [-0.4, -0.2) is 41.7 Å². The summed E-state index contributed by atoms with van der Waals surface area (Å²) in [6.45, 7) is 6.92. The summed E-state index contributed by atoms with van der Waals surface area (Å²) in [5, 5.41) is 10.1. The Morgan fingerprint density at radius 2 is 1.89 bits per heavy atom. The van der Waals surface area contributed by atoms with E-state index in [1.165, 1.54) is 0 Å². The molecule has 0 unspecified atom stereocenters. The second kappa shape index (κ2) is 6.68. The number of piperidine rings is 1. The molecule has 7 heteroatoms. The van der Waals surface area contributed by atoms with Crippen LogP contribution in [0.4, 0.5) is 4.79 Å². The Morgan fingerprint density at radius 3 is 2.28 bits per heavy atom. The first-order chi connectivity index (χ1) is 7.78. The van der Waals surface area contributed by atoms with Gasteiger partial charge in [-0.2, -0.15) is 0 Å². The van der Waals surface area contributed by atoms with Crippen molar-refractivity contribution in [2.45, 2.75) is 45.3 Å². The van der Waals surface area contributed by atoms with Gasteiger partial charge in [-0.1, -0.05) is 0 Å². The zero-order valence-corrected chi connectivity index (χ0v) is 12.0. The van der Waals surface area contributed by atoms with Gasteiger partial charge < -0.3 is 20.7 Å². The minimum absolute atomic E-state index is 0. The summed E-state index contributed by atoms with van der Waals surface area (Å²) in [6, 6.07) is 0.112. The van der Waals surface area contributed by atoms with Gasteiger partial charge in [0.05, 0.1) is 0 Å². The molecule has 0 aromatic heterocycles. The predicted molar refractivity (Wildman–Crippen MR) is 73.1 cm³/mol. The van der Waals surface area contributed by atoms with E-state index in [-0.39, 0.29) is 30.5 Å². The molecule has 1 heterocycles. The van der Waals surface area contributed by atoms with Gasteiger partial charge in [0.25, 0.3) is 0 Å². The molecule has 0 saturated carbocycles. The van der Waals surface area contributed by atoms with E-state index in [0.29, 0.717) is 13.1 Å². The van der Waals surface area contributed by atoms with Gasteiger partial charge >= 0.3 is 6.09 Å². The van der Waals surface area contributed by atoms with Crippen molar-refractivity contribution in [1.29, 1.82) is 5.41 Å². The van der Waals surface area contributed by atoms with Crippen LogP contribution in [0.1, 0.15) is 33.6 Å². The van der Waals surface area contributed by atoms with Crippen molar-refractivity contribution >= 4 is 24.5 Å². The summed E-state index contributed by atoms with van der Waals surface area (Å²) in [6.07, 6.45) is 1.20. The van der Waals surface area contributed by atoms with Gasteiger partial charge in [-0.05, 0) is 33.6 Å². The number of nitrogens with two attached hydrogens (primary N) is 1. The summed E-state index contributed by atoms with van der Waals surface area (Å²) in [7, 11) is 0. The zero-order valence-electron chi connectivity index (χ0n) is 11.2. The first-order valence-corrected chi connectivity index (χ1v) is 5.86. The number of carbonyl (C=O) groups is 1. The van der Waals surface area contributed by atoms with E-state index >= 15 is 0 Å². The Balaban J connectivity index is 0.00000289. The lowest BCUT2D eigenvalue weighted by molar-refractivity contribution is 0.0488. The van der Waals surface area contributed by atoms with Crippen molar-refractivity contribution < 1.29 is 9.53 Å². The molecule has 0 spiro atoms. The van der Waals surface area contributed by atoms with E-state index in [9.17, 15) is 4.79 Å². The highest BCUT2D eigenvalue weighted by molar-refractivity contribution is 5.85. The molecule has 0 aliphatic carbocycles. The number of ether oxygens (including phenoxy) is 1. The number of likely N-dealkylation sites (tertiary alicyclic amines) is 1. The number of guanidine groups is 1. The Morgan fingerprint density at radius 1 is 1.39 bits per heavy atom. The Hall–Kier alpha value is -1.17. The molecule has 1 aliphatic rings. The van der Waals surface area contributed by atoms with Crippen LogP contribution in [0.2, 0.25) is 0 Å². The van der Waals surface area contributed by atoms with Crippen LogP contribution in [0, 0.1) is 5.41 Å². The van der Waals surface area contributed by atoms with E-state index in [1.54, 1.807) is 4.90 Å². The number of hydrogen-bond acceptors (Lipinski definition) is 3. The largest absolute Gasteiger partial charge is 0.444 e. The average Bonchev–Trinajstić information content (AvgIpc) is 2.15. The number of amides is 1. The lowest BCUT2D eigenvalue weighted by Crippen LogP contribution is -2.49. The molecule has 4 N–H and O–H groups in total. The standard InChI is InChI=1S/C11H22N4O2.ClH/c1-11(2,3)17-10(16)14-8-4-6-15(7-5-8)9(12)13;/h8H,4-7H2,1-3H3,(H3,12,13)(H,14,16);1H. The number of nitrogens with one attached hydrogen (secondary N) is 2. The van der Waals surface area contributed by atoms with E-state index < -0.39 is 5.60 Å². The normalized spacial score (nSPS) is 16.7. The number of halogens is 1. The van der Waals surface area contributed by atoms with E-state index in [1.807, 2.05) is 20.8 Å². The molecule has 6 nitrogen and oxygen atoms in total. The number of hydrogen-bond donors (Lipinski definition) is 3. The van der Waals surface area contributed by atoms with Gasteiger partial charge in [0, 0.05) is 19.1 Å². The van der Waals surface area contributed by atoms with Crippen LogP contribution in [0.25, 0.3) is 0 Å². The van der Waals surface area contributed by atoms with Crippen LogP contribution >= 0.6 is 12.4 Å². The molecule has 0 bridgehead atoms. The quantitative estimate of drug-likeness (QED) is 0.498. The van der Waals surface area contributed by atoms with E-state index in [4.69, 9.17) is 15.9 Å². The molecule has 1 rings (SSSR count). The fourth-order valence-electron chi connectivity index (χ4n) is 1.74. The lowest BCUT2D eigenvalue weighted by atomic mass is 10.1. The SMILES string of the molecule is CC(C)(C)OC(=O)NC1CCN(C(=N)N)CC1.Cl. The molecular weight excluding hydrogens is 256 g/mol. The molecule has 0 radical (unpaired) electrons. The van der Waals surface area contributed by atoms with Gasteiger partial charge in [-0.25, -0.2) is 4.79 Å². The van der Waals surface area contributed by atoms with Crippen molar-refractivity contribution in [3.8, 4) is 0 Å². The fraction of sp³-hybridized carbons (Fsp3) is 0.818.